The normalized spacial score (nSPS) is 12.5. The van der Waals surface area contributed by atoms with E-state index in [0.29, 0.717) is 23.4 Å². The molecule has 1 atom stereocenters. The fourth-order valence-electron chi connectivity index (χ4n) is 4.56. The Morgan fingerprint density at radius 2 is 1.25 bits per heavy atom. The molecule has 4 aromatic rings. The summed E-state index contributed by atoms with van der Waals surface area (Å²) in [4.78, 5) is 24.1. The number of aryl methyl sites for hydroxylation is 1. The summed E-state index contributed by atoms with van der Waals surface area (Å²) in [6.45, 7) is 13.2. The summed E-state index contributed by atoms with van der Waals surface area (Å²) in [5.41, 5.74) is 6.14. The van der Waals surface area contributed by atoms with Crippen molar-refractivity contribution in [1.29, 1.82) is 0 Å². The lowest BCUT2D eigenvalue weighted by atomic mass is 9.84. The lowest BCUT2D eigenvalue weighted by molar-refractivity contribution is 0.460. The van der Waals surface area contributed by atoms with Crippen LogP contribution in [-0.4, -0.2) is 24.9 Å². The van der Waals surface area contributed by atoms with Crippen LogP contribution in [0.25, 0.3) is 34.2 Å². The van der Waals surface area contributed by atoms with Gasteiger partial charge in [0.1, 0.15) is 0 Å². The largest absolute Gasteiger partial charge is 0.260 e. The molecule has 3 heterocycles. The van der Waals surface area contributed by atoms with Crippen molar-refractivity contribution in [2.75, 3.05) is 0 Å². The zero-order chi connectivity index (χ0) is 25.7. The maximum Gasteiger partial charge on any atom is 0.165 e. The first kappa shape index (κ1) is 25.6. The fraction of sp³-hybridized carbons (Fsp3) is 0.387. The van der Waals surface area contributed by atoms with Gasteiger partial charge >= 0.3 is 0 Å². The first-order valence-electron chi connectivity index (χ1n) is 13.1. The van der Waals surface area contributed by atoms with Crippen LogP contribution in [0.1, 0.15) is 83.2 Å². The van der Waals surface area contributed by atoms with Gasteiger partial charge < -0.3 is 0 Å². The minimum absolute atomic E-state index is 0.0347. The van der Waals surface area contributed by atoms with Gasteiger partial charge in [0.05, 0.1) is 0 Å². The van der Waals surface area contributed by atoms with Gasteiger partial charge in [0.15, 0.2) is 17.5 Å². The van der Waals surface area contributed by atoms with E-state index in [-0.39, 0.29) is 5.41 Å². The quantitative estimate of drug-likeness (QED) is 0.244. The Morgan fingerprint density at radius 3 is 1.75 bits per heavy atom. The molecule has 0 saturated heterocycles. The standard InChI is InChI=1S/C31H37N5/c1-7-9-22(4)26-16-14-24(19-32-26)29-34-28(23-12-10-21(3)11-13-23)35-30(36-29)25-15-17-27(33-20-25)31(5,6)18-8-2/h10-17,19-20,22H,7-9,18H2,1-6H3. The van der Waals surface area contributed by atoms with E-state index in [9.17, 15) is 0 Å². The van der Waals surface area contributed by atoms with E-state index >= 15 is 0 Å². The van der Waals surface area contributed by atoms with Gasteiger partial charge in [-0.1, -0.05) is 77.3 Å². The molecule has 1 aromatic carbocycles. The molecule has 0 saturated carbocycles. The number of pyridine rings is 2. The summed E-state index contributed by atoms with van der Waals surface area (Å²) in [6, 6.07) is 16.6. The van der Waals surface area contributed by atoms with E-state index in [4.69, 9.17) is 24.9 Å². The van der Waals surface area contributed by atoms with Gasteiger partial charge in [-0.2, -0.15) is 0 Å². The van der Waals surface area contributed by atoms with Crippen LogP contribution >= 0.6 is 0 Å². The van der Waals surface area contributed by atoms with E-state index in [1.165, 1.54) is 5.56 Å². The first-order chi connectivity index (χ1) is 17.3. The van der Waals surface area contributed by atoms with Gasteiger partial charge in [0, 0.05) is 45.9 Å². The van der Waals surface area contributed by atoms with Crippen LogP contribution in [0.2, 0.25) is 0 Å². The second-order valence-corrected chi connectivity index (χ2v) is 10.4. The van der Waals surface area contributed by atoms with Crippen LogP contribution in [0.15, 0.2) is 60.9 Å². The Morgan fingerprint density at radius 1 is 0.694 bits per heavy atom. The highest BCUT2D eigenvalue weighted by molar-refractivity contribution is 5.66. The van der Waals surface area contributed by atoms with Gasteiger partial charge in [-0.25, -0.2) is 15.0 Å². The van der Waals surface area contributed by atoms with Crippen molar-refractivity contribution < 1.29 is 0 Å². The minimum Gasteiger partial charge on any atom is -0.260 e. The topological polar surface area (TPSA) is 64.5 Å². The molecular weight excluding hydrogens is 442 g/mol. The molecule has 3 aromatic heterocycles. The van der Waals surface area contributed by atoms with Gasteiger partial charge in [-0.3, -0.25) is 9.97 Å². The number of rotatable bonds is 9. The lowest BCUT2D eigenvalue weighted by Gasteiger charge is -2.23. The highest BCUT2D eigenvalue weighted by atomic mass is 15.0. The first-order valence-corrected chi connectivity index (χ1v) is 13.1. The highest BCUT2D eigenvalue weighted by Gasteiger charge is 2.21. The molecule has 186 valence electrons. The van der Waals surface area contributed by atoms with Gasteiger partial charge in [-0.15, -0.1) is 0 Å². The molecule has 5 heteroatoms. The van der Waals surface area contributed by atoms with Crippen LogP contribution in [0, 0.1) is 6.92 Å². The van der Waals surface area contributed by atoms with Gasteiger partial charge in [-0.05, 0) is 49.9 Å². The molecule has 0 spiro atoms. The van der Waals surface area contributed by atoms with Crippen LogP contribution in [0.4, 0.5) is 0 Å². The maximum absolute atomic E-state index is 4.85. The molecule has 4 rings (SSSR count). The third-order valence-corrected chi connectivity index (χ3v) is 6.81. The summed E-state index contributed by atoms with van der Waals surface area (Å²) in [6.07, 6.45) is 8.25. The molecule has 1 unspecified atom stereocenters. The smallest absolute Gasteiger partial charge is 0.165 e. The van der Waals surface area contributed by atoms with Crippen molar-refractivity contribution in [3.8, 4) is 34.2 Å². The zero-order valence-electron chi connectivity index (χ0n) is 22.4. The predicted octanol–water partition coefficient (Wildman–Crippen LogP) is 7.95. The summed E-state index contributed by atoms with van der Waals surface area (Å²) in [5.74, 6) is 2.32. The second-order valence-electron chi connectivity index (χ2n) is 10.4. The Balaban J connectivity index is 1.76. The summed E-state index contributed by atoms with van der Waals surface area (Å²) >= 11 is 0. The van der Waals surface area contributed by atoms with E-state index in [2.05, 4.69) is 90.1 Å². The third-order valence-electron chi connectivity index (χ3n) is 6.81. The number of hydrogen-bond donors (Lipinski definition) is 0. The maximum atomic E-state index is 4.85. The zero-order valence-corrected chi connectivity index (χ0v) is 22.4. The van der Waals surface area contributed by atoms with Crippen molar-refractivity contribution in [1.82, 2.24) is 24.9 Å². The van der Waals surface area contributed by atoms with E-state index in [1.54, 1.807) is 0 Å². The lowest BCUT2D eigenvalue weighted by Crippen LogP contribution is -2.18. The second kappa shape index (κ2) is 11.1. The van der Waals surface area contributed by atoms with Crippen molar-refractivity contribution in [3.05, 3.63) is 77.9 Å². The SMILES string of the molecule is CCCC(C)c1ccc(-c2nc(-c3ccc(C)cc3)nc(-c3ccc(C(C)(C)CCC)nc3)n2)cn1. The van der Waals surface area contributed by atoms with Crippen LogP contribution in [0.3, 0.4) is 0 Å². The molecule has 36 heavy (non-hydrogen) atoms. The summed E-state index contributed by atoms with van der Waals surface area (Å²) in [5, 5.41) is 0. The molecule has 0 amide bonds. The molecule has 0 aliphatic carbocycles. The highest BCUT2D eigenvalue weighted by Crippen LogP contribution is 2.29. The van der Waals surface area contributed by atoms with Gasteiger partial charge in [0.2, 0.25) is 0 Å². The molecule has 0 bridgehead atoms. The Hall–Kier alpha value is -3.47. The third kappa shape index (κ3) is 5.84. The summed E-state index contributed by atoms with van der Waals surface area (Å²) < 4.78 is 0. The fourth-order valence-corrected chi connectivity index (χ4v) is 4.56. The van der Waals surface area contributed by atoms with Crippen LogP contribution < -0.4 is 0 Å². The number of benzene rings is 1. The Bertz CT molecular complexity index is 1280. The predicted molar refractivity (Wildman–Crippen MR) is 148 cm³/mol. The Labute approximate surface area is 215 Å². The Kier molecular flexibility index (Phi) is 7.88. The molecule has 0 N–H and O–H groups in total. The van der Waals surface area contributed by atoms with Crippen LogP contribution in [-0.2, 0) is 5.41 Å². The molecule has 0 aliphatic heterocycles. The number of hydrogen-bond acceptors (Lipinski definition) is 5. The van der Waals surface area contributed by atoms with E-state index in [1.807, 2.05) is 12.4 Å². The molecule has 0 fully saturated rings. The van der Waals surface area contributed by atoms with Crippen LogP contribution in [0.5, 0.6) is 0 Å². The van der Waals surface area contributed by atoms with Gasteiger partial charge in [0.25, 0.3) is 0 Å². The van der Waals surface area contributed by atoms with Crippen molar-refractivity contribution in [3.63, 3.8) is 0 Å². The number of nitrogens with zero attached hydrogens (tertiary/aromatic N) is 5. The van der Waals surface area contributed by atoms with E-state index < -0.39 is 0 Å². The molecule has 5 nitrogen and oxygen atoms in total. The summed E-state index contributed by atoms with van der Waals surface area (Å²) in [7, 11) is 0. The van der Waals surface area contributed by atoms with Crippen molar-refractivity contribution in [2.45, 2.75) is 78.6 Å². The molecular formula is C31H37N5. The number of aromatic nitrogens is 5. The van der Waals surface area contributed by atoms with Crippen molar-refractivity contribution >= 4 is 0 Å². The molecule has 0 radical (unpaired) electrons. The van der Waals surface area contributed by atoms with E-state index in [0.717, 1.165) is 53.8 Å². The average Bonchev–Trinajstić information content (AvgIpc) is 2.89. The molecule has 0 aliphatic rings. The monoisotopic (exact) mass is 479 g/mol. The minimum atomic E-state index is 0.0347. The van der Waals surface area contributed by atoms with Crippen molar-refractivity contribution in [2.24, 2.45) is 0 Å². The average molecular weight is 480 g/mol.